The standard InChI is InChI=1S/C77H108F8N12O14/c1-11-46(3)64-72(107)90(6)45-62(100)92(8)56-25-19-21-33-96(71(56)106)59(40-47-26-29-50(30-27-47)76(80,81)82)69(104)89(5)44-60(98)86-54(31-28-48-38-52(78)63(53(79)39-48)77(83,84)85)68(103)97-43-51(111-12-2)41-57(97)67(102)88-75(4)32-20-15-13-14-16-24-55(66(101)87-64)91(7)61(99)42-58(70(105)95-34-36-110-37-35-95)93(9)73(108)65(94(10)74(75)109)49-22-17-18-23-49/h26-27,29-30,38-39,46,49,51,54-59,64-65H,11-25,28,31-37,40-45H2,1-10H3,(H,86,98)(H,87,101)(H,88,102)/t46-,51+,54-,55-,56-,57-,58-,59-,64-,65-,75-/m0/s1. The maximum atomic E-state index is 15.9. The fourth-order valence-corrected chi connectivity index (χ4v) is 16.2. The topological polar surface area (TPSA) is 289 Å². The number of aryl methyl sites for hydroxylation is 1. The van der Waals surface area contributed by atoms with Crippen molar-refractivity contribution in [2.75, 3.05) is 101 Å². The third-order valence-corrected chi connectivity index (χ3v) is 23.0. The normalized spacial score (nSPS) is 27.6. The Labute approximate surface area is 642 Å². The predicted molar refractivity (Wildman–Crippen MR) is 387 cm³/mol. The van der Waals surface area contributed by atoms with E-state index in [1.54, 1.807) is 20.8 Å². The van der Waals surface area contributed by atoms with Crippen molar-refractivity contribution >= 4 is 70.9 Å². The number of halogens is 8. The lowest BCUT2D eigenvalue weighted by Crippen LogP contribution is -2.65. The molecule has 6 fully saturated rings. The second kappa shape index (κ2) is 38.3. The molecule has 12 amide bonds. The van der Waals surface area contributed by atoms with Gasteiger partial charge in [0.2, 0.25) is 70.9 Å². The molecule has 11 atom stereocenters. The van der Waals surface area contributed by atoms with Crippen LogP contribution in [0.15, 0.2) is 36.4 Å². The summed E-state index contributed by atoms with van der Waals surface area (Å²) < 4.78 is 126. The smallest absolute Gasteiger partial charge is 0.378 e. The Kier molecular flexibility index (Phi) is 30.4. The number of nitrogens with one attached hydrogen (secondary N) is 3. The Morgan fingerprint density at radius 2 is 1.22 bits per heavy atom. The molecule has 8 rings (SSSR count). The molecule has 1 saturated carbocycles. The van der Waals surface area contributed by atoms with Gasteiger partial charge in [0.05, 0.1) is 44.4 Å². The zero-order valence-corrected chi connectivity index (χ0v) is 65.1. The van der Waals surface area contributed by atoms with Gasteiger partial charge in [0.15, 0.2) is 0 Å². The van der Waals surface area contributed by atoms with Gasteiger partial charge in [-0.15, -0.1) is 0 Å². The third-order valence-electron chi connectivity index (χ3n) is 23.0. The second-order valence-electron chi connectivity index (χ2n) is 30.8. The summed E-state index contributed by atoms with van der Waals surface area (Å²) in [6.45, 7) is 5.01. The number of carbonyl (C=O) groups excluding carboxylic acids is 12. The molecule has 4 bridgehead atoms. The predicted octanol–water partition coefficient (Wildman–Crippen LogP) is 5.88. The van der Waals surface area contributed by atoms with E-state index in [1.165, 1.54) is 56.9 Å². The van der Waals surface area contributed by atoms with Crippen molar-refractivity contribution in [1.29, 1.82) is 0 Å². The van der Waals surface area contributed by atoms with E-state index in [0.29, 0.717) is 69.9 Å². The third kappa shape index (κ3) is 21.6. The minimum Gasteiger partial charge on any atom is -0.378 e. The minimum atomic E-state index is -5.46. The summed E-state index contributed by atoms with van der Waals surface area (Å²) in [5.74, 6) is -15.0. The zero-order chi connectivity index (χ0) is 81.7. The maximum Gasteiger partial charge on any atom is 0.422 e. The Morgan fingerprint density at radius 3 is 1.84 bits per heavy atom. The molecule has 34 heteroatoms. The molecule has 5 aliphatic heterocycles. The van der Waals surface area contributed by atoms with Gasteiger partial charge in [0.25, 0.3) is 0 Å². The van der Waals surface area contributed by atoms with Crippen molar-refractivity contribution in [3.05, 3.63) is 70.3 Å². The molecule has 0 spiro atoms. The number of carbonyl (C=O) groups is 12. The maximum absolute atomic E-state index is 15.9. The average molecular weight is 1580 g/mol. The highest BCUT2D eigenvalue weighted by Crippen LogP contribution is 2.37. The molecule has 5 saturated heterocycles. The van der Waals surface area contributed by atoms with Crippen LogP contribution in [0.5, 0.6) is 0 Å². The first-order chi connectivity index (χ1) is 52.3. The van der Waals surface area contributed by atoms with Crippen LogP contribution in [0.25, 0.3) is 0 Å². The van der Waals surface area contributed by atoms with Gasteiger partial charge < -0.3 is 69.5 Å². The number of nitrogens with zero attached hydrogens (tertiary/aromatic N) is 9. The van der Waals surface area contributed by atoms with Gasteiger partial charge in [-0.25, -0.2) is 8.78 Å². The summed E-state index contributed by atoms with van der Waals surface area (Å²) in [5, 5.41) is 8.41. The fraction of sp³-hybridized carbons (Fsp3) is 0.688. The van der Waals surface area contributed by atoms with E-state index < -0.39 is 222 Å². The Hall–Kier alpha value is -8.56. The average Bonchev–Trinajstić information content (AvgIpc) is 1.76. The summed E-state index contributed by atoms with van der Waals surface area (Å²) >= 11 is 0. The molecule has 6 aliphatic rings. The van der Waals surface area contributed by atoms with E-state index in [0.717, 1.165) is 60.7 Å². The van der Waals surface area contributed by atoms with E-state index in [1.807, 2.05) is 0 Å². The van der Waals surface area contributed by atoms with Crippen molar-refractivity contribution in [2.45, 2.75) is 228 Å². The first kappa shape index (κ1) is 88.0. The van der Waals surface area contributed by atoms with Crippen LogP contribution in [0.4, 0.5) is 35.1 Å². The molecule has 111 heavy (non-hydrogen) atoms. The van der Waals surface area contributed by atoms with Crippen LogP contribution >= 0.6 is 0 Å². The summed E-state index contributed by atoms with van der Waals surface area (Å²) in [6.07, 6.45) is -8.86. The second-order valence-corrected chi connectivity index (χ2v) is 30.8. The van der Waals surface area contributed by atoms with Gasteiger partial charge in [-0.3, -0.25) is 57.5 Å². The Morgan fingerprint density at radius 1 is 0.622 bits per heavy atom. The van der Waals surface area contributed by atoms with Gasteiger partial charge in [-0.05, 0) is 119 Å². The molecule has 5 heterocycles. The van der Waals surface area contributed by atoms with Gasteiger partial charge in [0.1, 0.15) is 71.1 Å². The van der Waals surface area contributed by atoms with Crippen molar-refractivity contribution < 1.29 is 102 Å². The van der Waals surface area contributed by atoms with Crippen molar-refractivity contribution in [3.8, 4) is 0 Å². The molecule has 0 aromatic heterocycles. The van der Waals surface area contributed by atoms with E-state index in [9.17, 15) is 40.7 Å². The lowest BCUT2D eigenvalue weighted by atomic mass is 9.88. The number of amides is 12. The van der Waals surface area contributed by atoms with Crippen LogP contribution in [0, 0.1) is 23.5 Å². The molecule has 0 radical (unpaired) electrons. The minimum absolute atomic E-state index is 0.0157. The first-order valence-electron chi connectivity index (χ1n) is 38.6. The van der Waals surface area contributed by atoms with Crippen LogP contribution in [0.3, 0.4) is 0 Å². The van der Waals surface area contributed by atoms with Gasteiger partial charge in [0, 0.05) is 87.9 Å². The van der Waals surface area contributed by atoms with Crippen LogP contribution in [0.2, 0.25) is 0 Å². The highest BCUT2D eigenvalue weighted by atomic mass is 19.4. The SMILES string of the molecule is CCO[C@@H]1C[C@H]2C(=O)N[C@@]3(C)CCCCCCC[C@@H](C(=O)N[C@@H]([C@@H](C)CC)C(=O)N(C)CC(=O)N(C)[C@H]4CCCCN(C4=O)[C@@H](Cc4ccc(C(F)(F)F)cc4)C(=O)N(C)CC(=O)N[C@@H](CCc4cc(F)c(C(F)(F)F)c(F)c4)C(=O)N2C1)N(C)C(=O)C[C@@H](C(=O)N1CCOCC1)N(C)C(=O)[C@H](C1CCCC1)N(C)C3=O. The number of ether oxygens (including phenoxy) is 2. The summed E-state index contributed by atoms with van der Waals surface area (Å²) in [7, 11) is 7.96. The first-order valence-corrected chi connectivity index (χ1v) is 38.6. The lowest BCUT2D eigenvalue weighted by molar-refractivity contribution is -0.157. The highest BCUT2D eigenvalue weighted by molar-refractivity contribution is 6.01. The number of rotatable bonds is 11. The van der Waals surface area contributed by atoms with Crippen LogP contribution in [-0.4, -0.2) is 276 Å². The monoisotopic (exact) mass is 1580 g/mol. The zero-order valence-electron chi connectivity index (χ0n) is 65.1. The van der Waals surface area contributed by atoms with Crippen molar-refractivity contribution in [2.24, 2.45) is 11.8 Å². The van der Waals surface area contributed by atoms with Crippen LogP contribution in [-0.2, 0) is 92.2 Å². The molecular formula is C77H108F8N12O14. The number of benzene rings is 2. The van der Waals surface area contributed by atoms with Gasteiger partial charge >= 0.3 is 12.4 Å². The summed E-state index contributed by atoms with van der Waals surface area (Å²) in [6, 6.07) is -7.22. The quantitative estimate of drug-likeness (QED) is 0.222. The molecule has 1 aliphatic carbocycles. The van der Waals surface area contributed by atoms with Crippen LogP contribution < -0.4 is 16.0 Å². The van der Waals surface area contributed by atoms with Gasteiger partial charge in [-0.2, -0.15) is 26.3 Å². The van der Waals surface area contributed by atoms with E-state index >= 15 is 51.9 Å². The fourth-order valence-electron chi connectivity index (χ4n) is 16.2. The Bertz CT molecular complexity index is 3670. The highest BCUT2D eigenvalue weighted by Gasteiger charge is 2.51. The number of hydrogen-bond donors (Lipinski definition) is 3. The lowest BCUT2D eigenvalue weighted by Gasteiger charge is -2.42. The number of morpholine rings is 1. The molecule has 0 unspecified atom stereocenters. The van der Waals surface area contributed by atoms with Crippen LogP contribution in [0.1, 0.15) is 166 Å². The van der Waals surface area contributed by atoms with E-state index in [4.69, 9.17) is 9.47 Å². The van der Waals surface area contributed by atoms with Crippen molar-refractivity contribution in [3.63, 3.8) is 0 Å². The molecule has 3 N–H and O–H groups in total. The number of fused-ring (bicyclic) bond motifs is 11. The summed E-state index contributed by atoms with van der Waals surface area (Å²) in [5.41, 5.74) is -5.42. The number of likely N-dealkylation sites (N-methyl/N-ethyl adjacent to an activating group) is 6. The molecular weight excluding hydrogens is 1470 g/mol. The molecule has 2 aromatic carbocycles. The summed E-state index contributed by atoms with van der Waals surface area (Å²) in [4.78, 5) is 194. The molecule has 2 aromatic rings. The Balaban J connectivity index is 1.26. The molecule has 616 valence electrons. The van der Waals surface area contributed by atoms with Crippen molar-refractivity contribution in [1.82, 2.24) is 60.0 Å². The van der Waals surface area contributed by atoms with E-state index in [2.05, 4.69) is 16.0 Å². The van der Waals surface area contributed by atoms with Gasteiger partial charge in [-0.1, -0.05) is 77.3 Å². The van der Waals surface area contributed by atoms with E-state index in [-0.39, 0.29) is 96.5 Å². The number of hydrogen-bond acceptors (Lipinski definition) is 14. The molecule has 26 nitrogen and oxygen atoms in total. The largest absolute Gasteiger partial charge is 0.422 e. The number of alkyl halides is 6.